The van der Waals surface area contributed by atoms with Gasteiger partial charge in [-0.15, -0.1) is 0 Å². The van der Waals surface area contributed by atoms with E-state index in [0.717, 1.165) is 0 Å². The number of rotatable bonds is 5. The summed E-state index contributed by atoms with van der Waals surface area (Å²) in [6, 6.07) is 4.65. The van der Waals surface area contributed by atoms with E-state index < -0.39 is 0 Å². The number of nitrogens with two attached hydrogens (primary N) is 1. The topological polar surface area (TPSA) is 55.1 Å². The lowest BCUT2D eigenvalue weighted by Gasteiger charge is -2.17. The Balaban J connectivity index is 2.42. The van der Waals surface area contributed by atoms with E-state index >= 15 is 0 Å². The number of aryl methyl sites for hydroxylation is 1. The highest BCUT2D eigenvalue weighted by Crippen LogP contribution is 2.15. The maximum atomic E-state index is 13.3. The van der Waals surface area contributed by atoms with Crippen LogP contribution in [0.25, 0.3) is 0 Å². The van der Waals surface area contributed by atoms with Crippen LogP contribution in [-0.4, -0.2) is 23.0 Å². The second-order valence-electron chi connectivity index (χ2n) is 4.99. The first-order chi connectivity index (χ1) is 8.28. The zero-order valence-electron chi connectivity index (χ0n) is 10.9. The Morgan fingerprint density at radius 2 is 2.17 bits per heavy atom. The average Bonchev–Trinajstić information content (AvgIpc) is 2.21. The molecule has 0 saturated carbocycles. The Hall–Kier alpha value is -1.07. The van der Waals surface area contributed by atoms with Gasteiger partial charge in [0.15, 0.2) is 0 Å². The third kappa shape index (κ3) is 5.51. The molecule has 0 aromatic heterocycles. The second kappa shape index (κ2) is 6.20. The summed E-state index contributed by atoms with van der Waals surface area (Å²) in [7, 11) is 0. The van der Waals surface area contributed by atoms with Crippen LogP contribution in [0, 0.1) is 12.7 Å². The number of hydrogen-bond donors (Lipinski definition) is 2. The molecule has 0 bridgehead atoms. The molecule has 0 atom stereocenters. The van der Waals surface area contributed by atoms with Gasteiger partial charge in [0.1, 0.15) is 5.82 Å². The first kappa shape index (κ1) is 15.0. The van der Waals surface area contributed by atoms with E-state index in [4.69, 9.17) is 5.73 Å². The van der Waals surface area contributed by atoms with E-state index in [9.17, 15) is 9.18 Å². The Kier molecular flexibility index (Phi) is 5.16. The fraction of sp³-hybridized carbons (Fsp3) is 0.462. The van der Waals surface area contributed by atoms with Crippen molar-refractivity contribution in [2.24, 2.45) is 5.73 Å². The van der Waals surface area contributed by atoms with E-state index in [2.05, 4.69) is 5.32 Å². The predicted molar refractivity (Wildman–Crippen MR) is 75.4 cm³/mol. The molecule has 5 heteroatoms. The Bertz CT molecular complexity index is 429. The van der Waals surface area contributed by atoms with Crippen LogP contribution < -0.4 is 11.1 Å². The van der Waals surface area contributed by atoms with E-state index in [1.807, 2.05) is 13.8 Å². The van der Waals surface area contributed by atoms with Crippen molar-refractivity contribution in [2.45, 2.75) is 26.3 Å². The standard InChI is InChI=1S/C13H19FN2OS/c1-9-4-5-10(6-11(9)14)16-12(17)7-18-8-13(2,3)15/h4-6H,7-8,15H2,1-3H3,(H,16,17). The molecule has 1 aromatic rings. The van der Waals surface area contributed by atoms with Crippen LogP contribution in [0.1, 0.15) is 19.4 Å². The minimum absolute atomic E-state index is 0.146. The molecule has 0 aliphatic carbocycles. The molecular formula is C13H19FN2OS. The van der Waals surface area contributed by atoms with Crippen LogP contribution in [0.3, 0.4) is 0 Å². The molecule has 0 unspecified atom stereocenters. The SMILES string of the molecule is Cc1ccc(NC(=O)CSCC(C)(C)N)cc1F. The molecule has 0 radical (unpaired) electrons. The maximum absolute atomic E-state index is 13.3. The maximum Gasteiger partial charge on any atom is 0.234 e. The fourth-order valence-electron chi connectivity index (χ4n) is 1.27. The van der Waals surface area contributed by atoms with Gasteiger partial charge < -0.3 is 11.1 Å². The molecule has 0 spiro atoms. The van der Waals surface area contributed by atoms with E-state index in [1.165, 1.54) is 17.8 Å². The summed E-state index contributed by atoms with van der Waals surface area (Å²) in [5.74, 6) is 0.551. The largest absolute Gasteiger partial charge is 0.325 e. The third-order valence-corrected chi connectivity index (χ3v) is 3.58. The number of anilines is 1. The molecule has 1 amide bonds. The zero-order valence-corrected chi connectivity index (χ0v) is 11.7. The van der Waals surface area contributed by atoms with Crippen molar-refractivity contribution in [3.63, 3.8) is 0 Å². The van der Waals surface area contributed by atoms with Crippen molar-refractivity contribution in [2.75, 3.05) is 16.8 Å². The quantitative estimate of drug-likeness (QED) is 0.864. The number of amides is 1. The van der Waals surface area contributed by atoms with Crippen LogP contribution >= 0.6 is 11.8 Å². The minimum atomic E-state index is -0.316. The lowest BCUT2D eigenvalue weighted by Crippen LogP contribution is -2.35. The monoisotopic (exact) mass is 270 g/mol. The van der Waals surface area contributed by atoms with Crippen LogP contribution in [0.2, 0.25) is 0 Å². The van der Waals surface area contributed by atoms with E-state index in [0.29, 0.717) is 22.8 Å². The molecule has 3 N–H and O–H groups in total. The molecule has 0 aliphatic heterocycles. The molecule has 1 aromatic carbocycles. The first-order valence-electron chi connectivity index (χ1n) is 5.70. The van der Waals surface area contributed by atoms with Gasteiger partial charge in [-0.2, -0.15) is 11.8 Å². The molecule has 0 aliphatic rings. The summed E-state index contributed by atoms with van der Waals surface area (Å²) in [6.07, 6.45) is 0. The van der Waals surface area contributed by atoms with Gasteiger partial charge in [0.25, 0.3) is 0 Å². The van der Waals surface area contributed by atoms with Gasteiger partial charge in [0.2, 0.25) is 5.91 Å². The Morgan fingerprint density at radius 1 is 1.50 bits per heavy atom. The number of hydrogen-bond acceptors (Lipinski definition) is 3. The number of carbonyl (C=O) groups is 1. The number of nitrogens with one attached hydrogen (secondary N) is 1. The molecule has 0 fully saturated rings. The van der Waals surface area contributed by atoms with Crippen molar-refractivity contribution in [1.82, 2.24) is 0 Å². The lowest BCUT2D eigenvalue weighted by molar-refractivity contribution is -0.113. The molecule has 0 heterocycles. The van der Waals surface area contributed by atoms with Gasteiger partial charge in [-0.3, -0.25) is 4.79 Å². The molecule has 3 nitrogen and oxygen atoms in total. The highest BCUT2D eigenvalue weighted by molar-refractivity contribution is 8.00. The van der Waals surface area contributed by atoms with Gasteiger partial charge in [0, 0.05) is 17.0 Å². The van der Waals surface area contributed by atoms with Gasteiger partial charge in [-0.05, 0) is 38.5 Å². The van der Waals surface area contributed by atoms with Crippen LogP contribution in [0.15, 0.2) is 18.2 Å². The van der Waals surface area contributed by atoms with Crippen LogP contribution in [-0.2, 0) is 4.79 Å². The van der Waals surface area contributed by atoms with Crippen molar-refractivity contribution >= 4 is 23.4 Å². The zero-order chi connectivity index (χ0) is 13.8. The summed E-state index contributed by atoms with van der Waals surface area (Å²) in [5, 5.41) is 2.66. The highest BCUT2D eigenvalue weighted by Gasteiger charge is 2.12. The first-order valence-corrected chi connectivity index (χ1v) is 6.86. The van der Waals surface area contributed by atoms with Crippen molar-refractivity contribution in [3.8, 4) is 0 Å². The predicted octanol–water partition coefficient (Wildman–Crippen LogP) is 2.54. The molecular weight excluding hydrogens is 251 g/mol. The van der Waals surface area contributed by atoms with E-state index in [-0.39, 0.29) is 17.3 Å². The van der Waals surface area contributed by atoms with E-state index in [1.54, 1.807) is 19.1 Å². The van der Waals surface area contributed by atoms with Crippen LogP contribution in [0.4, 0.5) is 10.1 Å². The number of halogens is 1. The second-order valence-corrected chi connectivity index (χ2v) is 5.98. The summed E-state index contributed by atoms with van der Waals surface area (Å²) in [4.78, 5) is 11.6. The number of carbonyl (C=O) groups excluding carboxylic acids is 1. The molecule has 1 rings (SSSR count). The minimum Gasteiger partial charge on any atom is -0.325 e. The Labute approximate surface area is 111 Å². The molecule has 0 saturated heterocycles. The van der Waals surface area contributed by atoms with Gasteiger partial charge in [-0.25, -0.2) is 4.39 Å². The Morgan fingerprint density at radius 3 is 2.72 bits per heavy atom. The van der Waals surface area contributed by atoms with Crippen molar-refractivity contribution < 1.29 is 9.18 Å². The third-order valence-electron chi connectivity index (χ3n) is 2.16. The van der Waals surface area contributed by atoms with Gasteiger partial charge >= 0.3 is 0 Å². The van der Waals surface area contributed by atoms with Crippen LogP contribution in [0.5, 0.6) is 0 Å². The van der Waals surface area contributed by atoms with Crippen molar-refractivity contribution in [3.05, 3.63) is 29.6 Å². The normalized spacial score (nSPS) is 11.4. The number of benzene rings is 1. The lowest BCUT2D eigenvalue weighted by atomic mass is 10.1. The van der Waals surface area contributed by atoms with Gasteiger partial charge in [-0.1, -0.05) is 6.07 Å². The average molecular weight is 270 g/mol. The molecule has 18 heavy (non-hydrogen) atoms. The summed E-state index contributed by atoms with van der Waals surface area (Å²) in [5.41, 5.74) is 6.56. The summed E-state index contributed by atoms with van der Waals surface area (Å²) >= 11 is 1.46. The smallest absolute Gasteiger partial charge is 0.234 e. The fourth-order valence-corrected chi connectivity index (χ4v) is 2.16. The van der Waals surface area contributed by atoms with Gasteiger partial charge in [0.05, 0.1) is 5.75 Å². The summed E-state index contributed by atoms with van der Waals surface area (Å²) in [6.45, 7) is 5.50. The van der Waals surface area contributed by atoms with Crippen molar-refractivity contribution in [1.29, 1.82) is 0 Å². The number of thioether (sulfide) groups is 1. The highest BCUT2D eigenvalue weighted by atomic mass is 32.2. The summed E-state index contributed by atoms with van der Waals surface area (Å²) < 4.78 is 13.3. The molecule has 100 valence electrons.